The van der Waals surface area contributed by atoms with Crippen LogP contribution in [0.25, 0.3) is 0 Å². The van der Waals surface area contributed by atoms with Gasteiger partial charge in [0, 0.05) is 24.2 Å². The summed E-state index contributed by atoms with van der Waals surface area (Å²) in [4.78, 5) is 64.3. The Morgan fingerprint density at radius 2 is 1.80 bits per heavy atom. The predicted molar refractivity (Wildman–Crippen MR) is 169 cm³/mol. The van der Waals surface area contributed by atoms with Gasteiger partial charge in [-0.3, -0.25) is 24.2 Å². The average Bonchev–Trinajstić information content (AvgIpc) is 3.51. The summed E-state index contributed by atoms with van der Waals surface area (Å²) in [6, 6.07) is -4.16. The van der Waals surface area contributed by atoms with E-state index in [0.717, 1.165) is 11.8 Å². The lowest BCUT2D eigenvalue weighted by Crippen LogP contribution is -2.58. The van der Waals surface area contributed by atoms with E-state index in [0.29, 0.717) is 12.1 Å². The summed E-state index contributed by atoms with van der Waals surface area (Å²) in [7, 11) is 0. The van der Waals surface area contributed by atoms with Crippen molar-refractivity contribution in [1.29, 1.82) is 0 Å². The number of hydrogen-bond acceptors (Lipinski definition) is 15. The lowest BCUT2D eigenvalue weighted by atomic mass is 10.00. The minimum atomic E-state index is -1.67. The molecular formula is C26H43FN10O12S. The average molecular weight is 739 g/mol. The van der Waals surface area contributed by atoms with Crippen molar-refractivity contribution in [3.8, 4) is 0 Å². The van der Waals surface area contributed by atoms with E-state index in [1.807, 2.05) is 0 Å². The van der Waals surface area contributed by atoms with Crippen molar-refractivity contribution in [2.24, 2.45) is 22.2 Å². The second-order valence-corrected chi connectivity index (χ2v) is 11.9. The van der Waals surface area contributed by atoms with E-state index in [4.69, 9.17) is 26.7 Å². The van der Waals surface area contributed by atoms with Crippen LogP contribution in [0, 0.1) is 0 Å². The first-order valence-corrected chi connectivity index (χ1v) is 16.2. The Balaban J connectivity index is 1.82. The number of ether oxygens (including phenoxy) is 2. The lowest BCUT2D eigenvalue weighted by Gasteiger charge is -2.39. The van der Waals surface area contributed by atoms with Gasteiger partial charge in [0.2, 0.25) is 17.7 Å². The molecular weight excluding hydrogens is 695 g/mol. The monoisotopic (exact) mass is 738 g/mol. The van der Waals surface area contributed by atoms with Crippen LogP contribution in [0.4, 0.5) is 4.39 Å². The van der Waals surface area contributed by atoms with E-state index in [9.17, 15) is 53.9 Å². The van der Waals surface area contributed by atoms with E-state index in [2.05, 4.69) is 31.3 Å². The first kappa shape index (κ1) is 42.0. The molecule has 0 unspecified atom stereocenters. The number of aliphatic imine (C=N–C) groups is 1. The number of nitrogens with two attached hydrogens (primary N) is 3. The standard InChI is InChI=1S/C26H43FN10O12S/c27-7-16-19(41)20(42)21(43)25(49-16)48-5-4-37-9-12(35-36-37)10-50-11-15(24(46)47)34-23(45)14(6-18(39)40)33-17(38)8-32-22(44)13(28)2-1-3-31-26(29)30/h9,13-16,19-21,25,41-43H,1-8,10-11,28H2,(H,32,44)(H,33,38)(H,34,45)(H,39,40)(H,46,47)(H4,29,30,31)/t13-,14-,15-,16+,19+,20-,21+,25+/m0/s1. The quantitative estimate of drug-likeness (QED) is 0.0300. The first-order valence-electron chi connectivity index (χ1n) is 15.1. The SMILES string of the molecule is NC(N)=NCCC[C@H](N)C(=O)NCC(=O)N[C@@H](CC(=O)O)C(=O)N[C@@H](CSCc1cn(CCO[C@@H]2O[C@H](CF)[C@@H](O)[C@H](O)[C@H]2O)nn1)C(=O)O. The van der Waals surface area contributed by atoms with Gasteiger partial charge in [-0.15, -0.1) is 5.10 Å². The lowest BCUT2D eigenvalue weighted by molar-refractivity contribution is -0.298. The Bertz CT molecular complexity index is 1320. The van der Waals surface area contributed by atoms with Crippen LogP contribution in [0.15, 0.2) is 11.2 Å². The maximum Gasteiger partial charge on any atom is 0.327 e. The fourth-order valence-electron chi connectivity index (χ4n) is 4.26. The number of aliphatic hydroxyl groups is 3. The maximum atomic E-state index is 13.0. The normalized spacial score (nSPS) is 22.1. The number of carboxylic acid groups (broad SMARTS) is 2. The fraction of sp³-hybridized carbons (Fsp3) is 0.692. The number of aliphatic carboxylic acids is 2. The summed E-state index contributed by atoms with van der Waals surface area (Å²) in [6.45, 7) is -1.53. The molecule has 14 N–H and O–H groups in total. The number of guanidine groups is 1. The molecule has 0 aliphatic carbocycles. The molecule has 22 nitrogen and oxygen atoms in total. The van der Waals surface area contributed by atoms with E-state index in [1.54, 1.807) is 0 Å². The fourth-order valence-corrected chi connectivity index (χ4v) is 5.19. The van der Waals surface area contributed by atoms with Crippen molar-refractivity contribution in [1.82, 2.24) is 30.9 Å². The zero-order valence-corrected chi connectivity index (χ0v) is 27.5. The van der Waals surface area contributed by atoms with Crippen molar-refractivity contribution in [3.63, 3.8) is 0 Å². The summed E-state index contributed by atoms with van der Waals surface area (Å²) in [5.41, 5.74) is 16.6. The number of carboxylic acids is 2. The molecule has 1 fully saturated rings. The summed E-state index contributed by atoms with van der Waals surface area (Å²) >= 11 is 1.04. The van der Waals surface area contributed by atoms with Gasteiger partial charge in [0.1, 0.15) is 43.2 Å². The van der Waals surface area contributed by atoms with Crippen molar-refractivity contribution >= 4 is 47.4 Å². The van der Waals surface area contributed by atoms with Crippen molar-refractivity contribution in [3.05, 3.63) is 11.9 Å². The minimum absolute atomic E-state index is 0.0882. The summed E-state index contributed by atoms with van der Waals surface area (Å²) in [6.07, 6.45) is -6.49. The van der Waals surface area contributed by atoms with Crippen molar-refractivity contribution in [2.75, 3.05) is 32.1 Å². The van der Waals surface area contributed by atoms with E-state index >= 15 is 0 Å². The van der Waals surface area contributed by atoms with Gasteiger partial charge in [-0.1, -0.05) is 5.21 Å². The molecule has 24 heteroatoms. The third-order valence-electron chi connectivity index (χ3n) is 6.92. The number of thioether (sulfide) groups is 1. The zero-order chi connectivity index (χ0) is 37.4. The van der Waals surface area contributed by atoms with Crippen LogP contribution in [0.2, 0.25) is 0 Å². The Morgan fingerprint density at radius 3 is 2.44 bits per heavy atom. The van der Waals surface area contributed by atoms with Crippen LogP contribution in [-0.2, 0) is 45.7 Å². The molecule has 1 aromatic heterocycles. The highest BCUT2D eigenvalue weighted by Crippen LogP contribution is 2.22. The van der Waals surface area contributed by atoms with Crippen LogP contribution < -0.4 is 33.2 Å². The Morgan fingerprint density at radius 1 is 1.08 bits per heavy atom. The molecule has 0 spiro atoms. The second kappa shape index (κ2) is 21.1. The number of aliphatic hydroxyl groups excluding tert-OH is 3. The predicted octanol–water partition coefficient (Wildman–Crippen LogP) is -5.67. The second-order valence-electron chi connectivity index (χ2n) is 10.9. The number of rotatable bonds is 22. The van der Waals surface area contributed by atoms with Crippen LogP contribution in [0.1, 0.15) is 25.0 Å². The van der Waals surface area contributed by atoms with E-state index in [1.165, 1.54) is 10.9 Å². The van der Waals surface area contributed by atoms with E-state index < -0.39 is 98.1 Å². The molecule has 3 amide bonds. The van der Waals surface area contributed by atoms with Gasteiger partial charge in [0.05, 0.1) is 37.9 Å². The third kappa shape index (κ3) is 14.3. The minimum Gasteiger partial charge on any atom is -0.481 e. The number of amides is 3. The molecule has 0 aromatic carbocycles. The number of carbonyl (C=O) groups excluding carboxylic acids is 3. The maximum absolute atomic E-state index is 13.0. The molecule has 2 heterocycles. The van der Waals surface area contributed by atoms with Gasteiger partial charge in [0.15, 0.2) is 12.2 Å². The molecule has 1 aromatic rings. The van der Waals surface area contributed by atoms with Crippen LogP contribution >= 0.6 is 11.8 Å². The molecule has 1 aliphatic heterocycles. The number of halogens is 1. The molecule has 0 bridgehead atoms. The van der Waals surface area contributed by atoms with Gasteiger partial charge >= 0.3 is 11.9 Å². The summed E-state index contributed by atoms with van der Waals surface area (Å²) in [5.74, 6) is -5.78. The van der Waals surface area contributed by atoms with Crippen molar-refractivity contribution < 1.29 is 63.4 Å². The number of nitrogens with one attached hydrogen (secondary N) is 3. The number of alkyl halides is 1. The molecule has 50 heavy (non-hydrogen) atoms. The van der Waals surface area contributed by atoms with E-state index in [-0.39, 0.29) is 43.6 Å². The zero-order valence-electron chi connectivity index (χ0n) is 26.7. The Hall–Kier alpha value is -4.20. The first-order chi connectivity index (χ1) is 23.6. The highest BCUT2D eigenvalue weighted by molar-refractivity contribution is 7.98. The van der Waals surface area contributed by atoms with Gasteiger partial charge in [-0.05, 0) is 12.8 Å². The molecule has 0 saturated carbocycles. The Labute approximate surface area is 288 Å². The van der Waals surface area contributed by atoms with Gasteiger partial charge in [-0.25, -0.2) is 13.9 Å². The number of hydrogen-bond donors (Lipinski definition) is 11. The Kier molecular flexibility index (Phi) is 17.7. The summed E-state index contributed by atoms with van der Waals surface area (Å²) < 4.78 is 24.9. The molecule has 1 aliphatic rings. The molecule has 8 atom stereocenters. The third-order valence-corrected chi connectivity index (χ3v) is 7.99. The number of carbonyl (C=O) groups is 5. The highest BCUT2D eigenvalue weighted by Gasteiger charge is 2.44. The van der Waals surface area contributed by atoms with Gasteiger partial charge in [-0.2, -0.15) is 11.8 Å². The molecule has 0 radical (unpaired) electrons. The summed E-state index contributed by atoms with van der Waals surface area (Å²) in [5, 5.41) is 62.9. The van der Waals surface area contributed by atoms with Crippen LogP contribution in [0.5, 0.6) is 0 Å². The number of nitrogens with zero attached hydrogens (tertiary/aromatic N) is 4. The number of aromatic nitrogens is 3. The van der Waals surface area contributed by atoms with Crippen LogP contribution in [-0.4, -0.2) is 157 Å². The topological polar surface area (TPSA) is 362 Å². The van der Waals surface area contributed by atoms with Crippen molar-refractivity contribution in [2.45, 2.75) is 80.4 Å². The molecule has 282 valence electrons. The molecule has 2 rings (SSSR count). The van der Waals surface area contributed by atoms with Gasteiger partial charge < -0.3 is 68.2 Å². The highest BCUT2D eigenvalue weighted by atomic mass is 32.2. The molecule has 1 saturated heterocycles. The smallest absolute Gasteiger partial charge is 0.327 e. The van der Waals surface area contributed by atoms with Gasteiger partial charge in [0.25, 0.3) is 0 Å². The largest absolute Gasteiger partial charge is 0.481 e. The van der Waals surface area contributed by atoms with Crippen LogP contribution in [0.3, 0.4) is 0 Å².